The molecule has 0 spiro atoms. The molecular weight excluding hydrogens is 271 g/mol. The number of carboxylic acid groups (broad SMARTS) is 1. The Morgan fingerprint density at radius 3 is 2.60 bits per heavy atom. The molecule has 0 atom stereocenters. The van der Waals surface area contributed by atoms with Crippen molar-refractivity contribution in [2.75, 3.05) is 0 Å². The van der Waals surface area contributed by atoms with E-state index in [4.69, 9.17) is 5.11 Å². The molecule has 1 aromatic carbocycles. The first-order valence-corrected chi connectivity index (χ1v) is 5.67. The molecule has 0 fully saturated rings. The van der Waals surface area contributed by atoms with E-state index in [1.54, 1.807) is 13.0 Å². The van der Waals surface area contributed by atoms with Crippen molar-refractivity contribution in [3.63, 3.8) is 0 Å². The number of aryl methyl sites for hydroxylation is 1. The Morgan fingerprint density at radius 2 is 2.00 bits per heavy atom. The van der Waals surface area contributed by atoms with E-state index in [-0.39, 0.29) is 0 Å². The Hall–Kier alpha value is -2.37. The number of benzene rings is 1. The average Bonchev–Trinajstić information content (AvgIpc) is 2.35. The highest BCUT2D eigenvalue weighted by Crippen LogP contribution is 2.32. The molecular formula is C14H10F3NO2. The zero-order valence-corrected chi connectivity index (χ0v) is 10.4. The Bertz CT molecular complexity index is 705. The first kappa shape index (κ1) is 14.0. The lowest BCUT2D eigenvalue weighted by atomic mass is 10.1. The molecule has 6 heteroatoms. The summed E-state index contributed by atoms with van der Waals surface area (Å²) >= 11 is 0. The lowest BCUT2D eigenvalue weighted by Gasteiger charge is -2.09. The predicted octanol–water partition coefficient (Wildman–Crippen LogP) is 3.66. The maximum atomic E-state index is 12.6. The second kappa shape index (κ2) is 4.96. The molecule has 0 radical (unpaired) electrons. The fourth-order valence-corrected chi connectivity index (χ4v) is 1.84. The fraction of sp³-hybridized carbons (Fsp3) is 0.143. The van der Waals surface area contributed by atoms with Gasteiger partial charge in [-0.3, -0.25) is 0 Å². The molecule has 0 aliphatic heterocycles. The van der Waals surface area contributed by atoms with E-state index in [1.165, 1.54) is 12.1 Å². The van der Waals surface area contributed by atoms with Crippen molar-refractivity contribution < 1.29 is 23.1 Å². The minimum Gasteiger partial charge on any atom is -0.478 e. The van der Waals surface area contributed by atoms with Gasteiger partial charge < -0.3 is 5.11 Å². The van der Waals surface area contributed by atoms with Gasteiger partial charge in [-0.2, -0.15) is 13.2 Å². The highest BCUT2D eigenvalue weighted by atomic mass is 19.4. The standard InChI is InChI=1S/C14H10F3NO2/c1-8-6-10(3-5-13(19)20)18-12-4-2-9(7-11(8)12)14(15,16)17/h2-7H,1H3,(H,19,20)/b5-3+. The van der Waals surface area contributed by atoms with Gasteiger partial charge in [-0.25, -0.2) is 9.78 Å². The summed E-state index contributed by atoms with van der Waals surface area (Å²) in [4.78, 5) is 14.6. The summed E-state index contributed by atoms with van der Waals surface area (Å²) in [5.41, 5.74) is 0.648. The van der Waals surface area contributed by atoms with Crippen molar-refractivity contribution in [1.29, 1.82) is 0 Å². The van der Waals surface area contributed by atoms with Gasteiger partial charge in [0.15, 0.2) is 0 Å². The maximum Gasteiger partial charge on any atom is 0.416 e. The van der Waals surface area contributed by atoms with Crippen molar-refractivity contribution in [3.05, 3.63) is 47.2 Å². The number of nitrogens with zero attached hydrogens (tertiary/aromatic N) is 1. The third-order valence-corrected chi connectivity index (χ3v) is 2.76. The first-order chi connectivity index (χ1) is 9.27. The van der Waals surface area contributed by atoms with Crippen LogP contribution in [0.15, 0.2) is 30.3 Å². The van der Waals surface area contributed by atoms with Crippen molar-refractivity contribution in [2.45, 2.75) is 13.1 Å². The van der Waals surface area contributed by atoms with E-state index in [0.717, 1.165) is 18.2 Å². The van der Waals surface area contributed by atoms with Crippen LogP contribution in [0.4, 0.5) is 13.2 Å². The van der Waals surface area contributed by atoms with Gasteiger partial charge in [0.05, 0.1) is 16.8 Å². The third-order valence-electron chi connectivity index (χ3n) is 2.76. The van der Waals surface area contributed by atoms with Crippen LogP contribution < -0.4 is 0 Å². The molecule has 0 saturated carbocycles. The second-order valence-electron chi connectivity index (χ2n) is 4.27. The van der Waals surface area contributed by atoms with E-state index in [0.29, 0.717) is 22.2 Å². The molecule has 20 heavy (non-hydrogen) atoms. The van der Waals surface area contributed by atoms with Crippen LogP contribution in [-0.4, -0.2) is 16.1 Å². The van der Waals surface area contributed by atoms with Gasteiger partial charge in [-0.15, -0.1) is 0 Å². The molecule has 104 valence electrons. The molecule has 0 aliphatic carbocycles. The number of rotatable bonds is 2. The summed E-state index contributed by atoms with van der Waals surface area (Å²) in [6, 6.07) is 4.83. The molecule has 0 saturated heterocycles. The van der Waals surface area contributed by atoms with Crippen LogP contribution in [0.3, 0.4) is 0 Å². The number of carboxylic acids is 1. The van der Waals surface area contributed by atoms with Crippen molar-refractivity contribution in [1.82, 2.24) is 4.98 Å². The molecule has 0 unspecified atom stereocenters. The highest BCUT2D eigenvalue weighted by Gasteiger charge is 2.30. The monoisotopic (exact) mass is 281 g/mol. The molecule has 2 rings (SSSR count). The van der Waals surface area contributed by atoms with Gasteiger partial charge in [0.25, 0.3) is 0 Å². The Morgan fingerprint density at radius 1 is 1.30 bits per heavy atom. The Kier molecular flexibility index (Phi) is 3.48. The lowest BCUT2D eigenvalue weighted by Crippen LogP contribution is -2.04. The number of fused-ring (bicyclic) bond motifs is 1. The van der Waals surface area contributed by atoms with Gasteiger partial charge >= 0.3 is 12.1 Å². The van der Waals surface area contributed by atoms with Crippen molar-refractivity contribution in [3.8, 4) is 0 Å². The SMILES string of the molecule is Cc1cc(/C=C/C(=O)O)nc2ccc(C(F)(F)F)cc12. The fourth-order valence-electron chi connectivity index (χ4n) is 1.84. The van der Waals surface area contributed by atoms with Crippen LogP contribution in [0.1, 0.15) is 16.8 Å². The molecule has 3 nitrogen and oxygen atoms in total. The molecule has 0 bridgehead atoms. The summed E-state index contributed by atoms with van der Waals surface area (Å²) in [6.07, 6.45) is -2.17. The summed E-state index contributed by atoms with van der Waals surface area (Å²) in [5, 5.41) is 8.94. The van der Waals surface area contributed by atoms with Gasteiger partial charge in [0, 0.05) is 11.5 Å². The molecule has 1 heterocycles. The number of halogens is 3. The molecule has 0 aliphatic rings. The summed E-state index contributed by atoms with van der Waals surface area (Å²) in [7, 11) is 0. The number of aromatic nitrogens is 1. The number of aliphatic carboxylic acids is 1. The number of pyridine rings is 1. The van der Waals surface area contributed by atoms with Gasteiger partial charge in [0.1, 0.15) is 0 Å². The van der Waals surface area contributed by atoms with Crippen LogP contribution >= 0.6 is 0 Å². The average molecular weight is 281 g/mol. The van der Waals surface area contributed by atoms with E-state index >= 15 is 0 Å². The molecule has 0 amide bonds. The van der Waals surface area contributed by atoms with E-state index in [2.05, 4.69) is 4.98 Å². The molecule has 1 aromatic heterocycles. The normalized spacial score (nSPS) is 12.2. The minimum absolute atomic E-state index is 0.386. The van der Waals surface area contributed by atoms with E-state index < -0.39 is 17.7 Å². The highest BCUT2D eigenvalue weighted by molar-refractivity contribution is 5.87. The Labute approximate surface area is 112 Å². The number of carbonyl (C=O) groups is 1. The smallest absolute Gasteiger partial charge is 0.416 e. The number of hydrogen-bond donors (Lipinski definition) is 1. The van der Waals surface area contributed by atoms with Gasteiger partial charge in [-0.1, -0.05) is 0 Å². The largest absolute Gasteiger partial charge is 0.478 e. The lowest BCUT2D eigenvalue weighted by molar-refractivity contribution is -0.137. The second-order valence-corrected chi connectivity index (χ2v) is 4.27. The summed E-state index contributed by atoms with van der Waals surface area (Å²) in [5.74, 6) is -1.11. The zero-order chi connectivity index (χ0) is 14.9. The van der Waals surface area contributed by atoms with Crippen molar-refractivity contribution >= 4 is 22.9 Å². The van der Waals surface area contributed by atoms with Crippen LogP contribution in [-0.2, 0) is 11.0 Å². The van der Waals surface area contributed by atoms with E-state index in [1.807, 2.05) is 0 Å². The first-order valence-electron chi connectivity index (χ1n) is 5.67. The topological polar surface area (TPSA) is 50.2 Å². The zero-order valence-electron chi connectivity index (χ0n) is 10.4. The summed E-state index contributed by atoms with van der Waals surface area (Å²) < 4.78 is 37.9. The molecule has 2 aromatic rings. The third kappa shape index (κ3) is 2.96. The summed E-state index contributed by atoms with van der Waals surface area (Å²) in [6.45, 7) is 1.66. The van der Waals surface area contributed by atoms with Crippen molar-refractivity contribution in [2.24, 2.45) is 0 Å². The predicted molar refractivity (Wildman–Crippen MR) is 68.2 cm³/mol. The van der Waals surface area contributed by atoms with Gasteiger partial charge in [-0.05, 0) is 42.8 Å². The number of alkyl halides is 3. The van der Waals surface area contributed by atoms with Crippen LogP contribution in [0.5, 0.6) is 0 Å². The van der Waals surface area contributed by atoms with Crippen LogP contribution in [0.2, 0.25) is 0 Å². The minimum atomic E-state index is -4.40. The van der Waals surface area contributed by atoms with Gasteiger partial charge in [0.2, 0.25) is 0 Å². The number of hydrogen-bond acceptors (Lipinski definition) is 2. The molecule has 1 N–H and O–H groups in total. The Balaban J connectivity index is 2.55. The quantitative estimate of drug-likeness (QED) is 0.855. The maximum absolute atomic E-state index is 12.6. The van der Waals surface area contributed by atoms with E-state index in [9.17, 15) is 18.0 Å². The van der Waals surface area contributed by atoms with Crippen LogP contribution in [0.25, 0.3) is 17.0 Å². The van der Waals surface area contributed by atoms with Crippen LogP contribution in [0, 0.1) is 6.92 Å².